The van der Waals surface area contributed by atoms with Crippen molar-refractivity contribution in [2.24, 2.45) is 0 Å². The third-order valence-electron chi connectivity index (χ3n) is 2.14. The van der Waals surface area contributed by atoms with Crippen molar-refractivity contribution >= 4 is 23.0 Å². The average molecular weight is 270 g/mol. The molecule has 0 aromatic carbocycles. The van der Waals surface area contributed by atoms with Crippen molar-refractivity contribution in [2.45, 2.75) is 44.8 Å². The van der Waals surface area contributed by atoms with E-state index in [4.69, 9.17) is 7.80 Å². The van der Waals surface area contributed by atoms with Crippen LogP contribution in [0.4, 0.5) is 0 Å². The van der Waals surface area contributed by atoms with Gasteiger partial charge in [-0.3, -0.25) is 0 Å². The van der Waals surface area contributed by atoms with Crippen LogP contribution in [0.15, 0.2) is 0 Å². The minimum Gasteiger partial charge on any atom is -0.376 e. The lowest BCUT2D eigenvalue weighted by Crippen LogP contribution is -2.32. The van der Waals surface area contributed by atoms with Gasteiger partial charge in [0, 0.05) is 6.61 Å². The van der Waals surface area contributed by atoms with Crippen molar-refractivity contribution < 1.29 is 7.80 Å². The SMILES string of the molecule is CCO[C@H]1CCCC[C@H]1OI. The van der Waals surface area contributed by atoms with Crippen LogP contribution < -0.4 is 0 Å². The third-order valence-corrected chi connectivity index (χ3v) is 2.79. The zero-order valence-corrected chi connectivity index (χ0v) is 9.04. The van der Waals surface area contributed by atoms with Crippen LogP contribution in [0.2, 0.25) is 0 Å². The molecule has 0 saturated heterocycles. The predicted octanol–water partition coefficient (Wildman–Crippen LogP) is 2.70. The molecule has 0 aliphatic heterocycles. The molecule has 1 fully saturated rings. The van der Waals surface area contributed by atoms with Crippen molar-refractivity contribution in [1.29, 1.82) is 0 Å². The molecule has 0 amide bonds. The minimum atomic E-state index is 0.337. The topological polar surface area (TPSA) is 18.5 Å². The van der Waals surface area contributed by atoms with Gasteiger partial charge in [0.25, 0.3) is 0 Å². The molecule has 11 heavy (non-hydrogen) atoms. The van der Waals surface area contributed by atoms with Gasteiger partial charge in [0.15, 0.2) is 0 Å². The molecular formula is C8H15IO2. The van der Waals surface area contributed by atoms with Gasteiger partial charge in [-0.05, 0) is 19.8 Å². The van der Waals surface area contributed by atoms with Gasteiger partial charge in [-0.25, -0.2) is 0 Å². The molecule has 0 N–H and O–H groups in total. The molecule has 1 rings (SSSR count). The first kappa shape index (κ1) is 9.74. The Morgan fingerprint density at radius 2 is 1.91 bits per heavy atom. The Labute approximate surface area is 82.3 Å². The highest BCUT2D eigenvalue weighted by molar-refractivity contribution is 14.1. The van der Waals surface area contributed by atoms with Crippen LogP contribution in [-0.4, -0.2) is 18.8 Å². The van der Waals surface area contributed by atoms with Crippen LogP contribution in [0.3, 0.4) is 0 Å². The van der Waals surface area contributed by atoms with E-state index in [1.807, 2.05) is 29.9 Å². The molecule has 0 aromatic heterocycles. The Balaban J connectivity index is 2.31. The Kier molecular flexibility index (Phi) is 4.71. The summed E-state index contributed by atoms with van der Waals surface area (Å²) in [5.41, 5.74) is 0. The molecule has 1 aliphatic rings. The van der Waals surface area contributed by atoms with Crippen molar-refractivity contribution in [1.82, 2.24) is 0 Å². The molecule has 0 heterocycles. The quantitative estimate of drug-likeness (QED) is 0.734. The van der Waals surface area contributed by atoms with Gasteiger partial charge in [0.2, 0.25) is 0 Å². The van der Waals surface area contributed by atoms with Crippen LogP contribution >= 0.6 is 23.0 Å². The summed E-state index contributed by atoms with van der Waals surface area (Å²) in [6, 6.07) is 0. The summed E-state index contributed by atoms with van der Waals surface area (Å²) in [6.45, 7) is 2.85. The Morgan fingerprint density at radius 1 is 1.27 bits per heavy atom. The Bertz CT molecular complexity index is 106. The maximum atomic E-state index is 5.56. The van der Waals surface area contributed by atoms with Crippen LogP contribution in [0.1, 0.15) is 32.6 Å². The molecule has 0 unspecified atom stereocenters. The van der Waals surface area contributed by atoms with E-state index in [0.29, 0.717) is 12.2 Å². The van der Waals surface area contributed by atoms with Gasteiger partial charge in [0.1, 0.15) is 23.0 Å². The van der Waals surface area contributed by atoms with E-state index >= 15 is 0 Å². The second-order valence-corrected chi connectivity index (χ2v) is 3.41. The molecule has 2 nitrogen and oxygen atoms in total. The molecule has 1 aliphatic carbocycles. The maximum absolute atomic E-state index is 5.56. The lowest BCUT2D eigenvalue weighted by atomic mass is 9.95. The van der Waals surface area contributed by atoms with E-state index in [0.717, 1.165) is 13.0 Å². The second kappa shape index (κ2) is 5.32. The first-order valence-electron chi connectivity index (χ1n) is 4.27. The van der Waals surface area contributed by atoms with Crippen molar-refractivity contribution in [2.75, 3.05) is 6.61 Å². The first-order valence-corrected chi connectivity index (χ1v) is 5.15. The summed E-state index contributed by atoms with van der Waals surface area (Å²) < 4.78 is 10.9. The minimum absolute atomic E-state index is 0.337. The van der Waals surface area contributed by atoms with E-state index in [9.17, 15) is 0 Å². The fraction of sp³-hybridized carbons (Fsp3) is 1.00. The van der Waals surface area contributed by atoms with Gasteiger partial charge in [-0.2, -0.15) is 0 Å². The van der Waals surface area contributed by atoms with Crippen molar-refractivity contribution in [3.05, 3.63) is 0 Å². The zero-order chi connectivity index (χ0) is 8.10. The number of ether oxygens (including phenoxy) is 1. The Morgan fingerprint density at radius 3 is 2.45 bits per heavy atom. The van der Waals surface area contributed by atoms with Crippen LogP contribution in [0, 0.1) is 0 Å². The van der Waals surface area contributed by atoms with E-state index in [1.165, 1.54) is 19.3 Å². The van der Waals surface area contributed by atoms with Crippen LogP contribution in [-0.2, 0) is 7.80 Å². The zero-order valence-electron chi connectivity index (χ0n) is 6.88. The van der Waals surface area contributed by atoms with Gasteiger partial charge < -0.3 is 7.80 Å². The molecule has 0 bridgehead atoms. The molecule has 3 heteroatoms. The molecule has 0 radical (unpaired) electrons. The number of hydrogen-bond donors (Lipinski definition) is 0. The maximum Gasteiger partial charge on any atom is 0.110 e. The van der Waals surface area contributed by atoms with E-state index in [2.05, 4.69) is 0 Å². The second-order valence-electron chi connectivity index (χ2n) is 2.91. The highest BCUT2D eigenvalue weighted by Crippen LogP contribution is 2.25. The average Bonchev–Trinajstić information content (AvgIpc) is 2.06. The summed E-state index contributed by atoms with van der Waals surface area (Å²) in [7, 11) is 0. The van der Waals surface area contributed by atoms with Crippen molar-refractivity contribution in [3.63, 3.8) is 0 Å². The summed E-state index contributed by atoms with van der Waals surface area (Å²) in [6.07, 6.45) is 5.60. The monoisotopic (exact) mass is 270 g/mol. The summed E-state index contributed by atoms with van der Waals surface area (Å²) >= 11 is 1.98. The fourth-order valence-electron chi connectivity index (χ4n) is 1.57. The van der Waals surface area contributed by atoms with Gasteiger partial charge in [-0.15, -0.1) is 0 Å². The van der Waals surface area contributed by atoms with Gasteiger partial charge >= 0.3 is 0 Å². The molecule has 2 atom stereocenters. The normalized spacial score (nSPS) is 32.2. The molecule has 1 saturated carbocycles. The fourth-order valence-corrected chi connectivity index (χ4v) is 2.15. The lowest BCUT2D eigenvalue weighted by molar-refractivity contribution is -0.0275. The smallest absolute Gasteiger partial charge is 0.110 e. The first-order chi connectivity index (χ1) is 5.38. The number of rotatable bonds is 3. The van der Waals surface area contributed by atoms with E-state index in [1.54, 1.807) is 0 Å². The third kappa shape index (κ3) is 2.87. The predicted molar refractivity (Wildman–Crippen MR) is 52.8 cm³/mol. The summed E-state index contributed by atoms with van der Waals surface area (Å²) in [5, 5.41) is 0. The molecular weight excluding hydrogens is 255 g/mol. The van der Waals surface area contributed by atoms with E-state index in [-0.39, 0.29) is 0 Å². The highest BCUT2D eigenvalue weighted by Gasteiger charge is 2.25. The van der Waals surface area contributed by atoms with Crippen molar-refractivity contribution in [3.8, 4) is 0 Å². The molecule has 66 valence electrons. The molecule has 0 aromatic rings. The van der Waals surface area contributed by atoms with Gasteiger partial charge in [-0.1, -0.05) is 12.8 Å². The largest absolute Gasteiger partial charge is 0.376 e. The highest BCUT2D eigenvalue weighted by atomic mass is 127. The standard InChI is InChI=1S/C8H15IO2/c1-2-10-7-5-3-4-6-8(7)11-9/h7-8H,2-6H2,1H3/t7-,8+/m0/s1. The molecule has 0 spiro atoms. The number of hydrogen-bond acceptors (Lipinski definition) is 2. The van der Waals surface area contributed by atoms with Crippen LogP contribution in [0.25, 0.3) is 0 Å². The Hall–Kier alpha value is 0.650. The van der Waals surface area contributed by atoms with Crippen LogP contribution in [0.5, 0.6) is 0 Å². The van der Waals surface area contributed by atoms with Gasteiger partial charge in [0.05, 0.1) is 12.2 Å². The number of halogens is 1. The van der Waals surface area contributed by atoms with E-state index < -0.39 is 0 Å². The lowest BCUT2D eigenvalue weighted by Gasteiger charge is -2.28. The summed E-state index contributed by atoms with van der Waals surface area (Å²) in [4.78, 5) is 0. The summed E-state index contributed by atoms with van der Waals surface area (Å²) in [5.74, 6) is 0.